The maximum atomic E-state index is 12.0. The molecular weight excluding hydrogens is 302 g/mol. The third-order valence-electron chi connectivity index (χ3n) is 4.46. The van der Waals surface area contributed by atoms with Crippen LogP contribution in [0.4, 0.5) is 0 Å². The van der Waals surface area contributed by atoms with E-state index < -0.39 is 15.6 Å². The third-order valence-corrected chi connectivity index (χ3v) is 5.83. The van der Waals surface area contributed by atoms with Gasteiger partial charge >= 0.3 is 0 Å². The Kier molecular flexibility index (Phi) is 4.23. The monoisotopic (exact) mass is 323 g/mol. The predicted molar refractivity (Wildman–Crippen MR) is 84.4 cm³/mol. The molecule has 1 spiro atoms. The number of rotatable bonds is 5. The summed E-state index contributed by atoms with van der Waals surface area (Å²) in [6.45, 7) is 0.0464. The van der Waals surface area contributed by atoms with Crippen molar-refractivity contribution in [1.29, 1.82) is 0 Å². The lowest BCUT2D eigenvalue weighted by Crippen LogP contribution is -2.50. The van der Waals surface area contributed by atoms with Crippen LogP contribution in [-0.4, -0.2) is 37.4 Å². The second-order valence-corrected chi connectivity index (χ2v) is 7.81. The second-order valence-electron chi connectivity index (χ2n) is 6.17. The summed E-state index contributed by atoms with van der Waals surface area (Å²) in [7, 11) is -3.44. The minimum absolute atomic E-state index is 0.000492. The van der Waals surface area contributed by atoms with Gasteiger partial charge in [-0.15, -0.1) is 4.40 Å². The van der Waals surface area contributed by atoms with E-state index in [0.717, 1.165) is 24.8 Å². The van der Waals surface area contributed by atoms with Gasteiger partial charge in [-0.2, -0.15) is 0 Å². The molecule has 0 bridgehead atoms. The molecule has 1 N–H and O–H groups in total. The quantitative estimate of drug-likeness (QED) is 0.901. The van der Waals surface area contributed by atoms with Gasteiger partial charge in [0.1, 0.15) is 11.4 Å². The average Bonchev–Trinajstić information content (AvgIpc) is 2.44. The summed E-state index contributed by atoms with van der Waals surface area (Å²) in [5.41, 5.74) is 0.518. The van der Waals surface area contributed by atoms with E-state index in [0.29, 0.717) is 18.7 Å². The fourth-order valence-corrected chi connectivity index (χ4v) is 4.69. The van der Waals surface area contributed by atoms with Crippen molar-refractivity contribution < 1.29 is 18.3 Å². The Balaban J connectivity index is 1.81. The van der Waals surface area contributed by atoms with Crippen LogP contribution in [0.25, 0.3) is 0 Å². The lowest BCUT2D eigenvalue weighted by atomic mass is 9.81. The highest BCUT2D eigenvalue weighted by atomic mass is 32.2. The van der Waals surface area contributed by atoms with Crippen LogP contribution >= 0.6 is 0 Å². The molecule has 0 amide bonds. The highest BCUT2D eigenvalue weighted by Crippen LogP contribution is 2.40. The van der Waals surface area contributed by atoms with Gasteiger partial charge in [-0.05, 0) is 37.2 Å². The van der Waals surface area contributed by atoms with Gasteiger partial charge in [-0.1, -0.05) is 30.3 Å². The second kappa shape index (κ2) is 6.01. The zero-order valence-electron chi connectivity index (χ0n) is 12.4. The minimum atomic E-state index is -3.44. The van der Waals surface area contributed by atoms with Gasteiger partial charge in [-0.25, -0.2) is 8.42 Å². The molecule has 6 heteroatoms. The fraction of sp³-hybridized carbons (Fsp3) is 0.562. The van der Waals surface area contributed by atoms with Crippen LogP contribution in [-0.2, 0) is 14.8 Å². The number of benzene rings is 1. The first-order valence-electron chi connectivity index (χ1n) is 7.68. The molecule has 0 radical (unpaired) electrons. The van der Waals surface area contributed by atoms with Gasteiger partial charge in [0.25, 0.3) is 10.0 Å². The van der Waals surface area contributed by atoms with Crippen LogP contribution in [0.1, 0.15) is 43.6 Å². The zero-order chi connectivity index (χ0) is 15.6. The summed E-state index contributed by atoms with van der Waals surface area (Å²) in [6.07, 6.45) is 3.52. The zero-order valence-corrected chi connectivity index (χ0v) is 13.3. The van der Waals surface area contributed by atoms with Crippen molar-refractivity contribution in [2.24, 2.45) is 4.40 Å². The summed E-state index contributed by atoms with van der Waals surface area (Å²) in [6, 6.07) is 9.78. The molecule has 1 fully saturated rings. The first kappa shape index (κ1) is 15.5. The molecule has 1 aliphatic heterocycles. The molecule has 1 heterocycles. The van der Waals surface area contributed by atoms with E-state index >= 15 is 0 Å². The van der Waals surface area contributed by atoms with Crippen LogP contribution in [0.2, 0.25) is 0 Å². The Morgan fingerprint density at radius 1 is 1.27 bits per heavy atom. The van der Waals surface area contributed by atoms with Gasteiger partial charge in [0, 0.05) is 13.0 Å². The Hall–Kier alpha value is -1.40. The van der Waals surface area contributed by atoms with Crippen molar-refractivity contribution >= 4 is 15.9 Å². The molecule has 120 valence electrons. The predicted octanol–water partition coefficient (Wildman–Crippen LogP) is 2.22. The van der Waals surface area contributed by atoms with Gasteiger partial charge in [0.05, 0.1) is 0 Å². The van der Waals surface area contributed by atoms with Crippen molar-refractivity contribution in [3.8, 4) is 0 Å². The highest BCUT2D eigenvalue weighted by Gasteiger charge is 2.47. The molecule has 22 heavy (non-hydrogen) atoms. The first-order valence-corrected chi connectivity index (χ1v) is 9.29. The van der Waals surface area contributed by atoms with Crippen LogP contribution in [0.3, 0.4) is 0 Å². The summed E-state index contributed by atoms with van der Waals surface area (Å²) in [5.74, 6) is 0.308. The molecule has 2 aliphatic rings. The summed E-state index contributed by atoms with van der Waals surface area (Å²) >= 11 is 0. The van der Waals surface area contributed by atoms with Crippen molar-refractivity contribution in [3.05, 3.63) is 35.9 Å². The maximum absolute atomic E-state index is 12.0. The molecule has 1 atom stereocenters. The van der Waals surface area contributed by atoms with Gasteiger partial charge in [0.2, 0.25) is 5.90 Å². The Morgan fingerprint density at radius 3 is 2.59 bits per heavy atom. The van der Waals surface area contributed by atoms with Crippen LogP contribution < -0.4 is 0 Å². The number of hydrogen-bond acceptors (Lipinski definition) is 4. The number of nitrogens with zero attached hydrogens (tertiary/aromatic N) is 1. The SMILES string of the molecule is O=S1(=O)CC2(CCC2)OC(C[C@@H](CCO)c2ccccc2)=N1. The van der Waals surface area contributed by atoms with Gasteiger partial charge < -0.3 is 9.84 Å². The van der Waals surface area contributed by atoms with E-state index in [1.807, 2.05) is 30.3 Å². The first-order chi connectivity index (χ1) is 10.5. The van der Waals surface area contributed by atoms with Gasteiger partial charge in [0.15, 0.2) is 0 Å². The Morgan fingerprint density at radius 2 is 2.00 bits per heavy atom. The summed E-state index contributed by atoms with van der Waals surface area (Å²) in [5, 5.41) is 9.29. The summed E-state index contributed by atoms with van der Waals surface area (Å²) in [4.78, 5) is 0. The molecule has 1 aromatic rings. The molecule has 1 saturated carbocycles. The number of hydrogen-bond donors (Lipinski definition) is 1. The Bertz CT molecular complexity index is 650. The van der Waals surface area contributed by atoms with Crippen molar-refractivity contribution in [2.75, 3.05) is 12.4 Å². The maximum Gasteiger partial charge on any atom is 0.260 e. The molecule has 1 aliphatic carbocycles. The molecular formula is C16H21NO4S. The molecule has 1 aromatic carbocycles. The lowest BCUT2D eigenvalue weighted by molar-refractivity contribution is -0.00337. The third kappa shape index (κ3) is 3.33. The van der Waals surface area contributed by atoms with Crippen LogP contribution in [0, 0.1) is 0 Å². The fourth-order valence-electron chi connectivity index (χ4n) is 3.19. The normalized spacial score (nSPS) is 23.2. The molecule has 5 nitrogen and oxygen atoms in total. The smallest absolute Gasteiger partial charge is 0.260 e. The van der Waals surface area contributed by atoms with Crippen LogP contribution in [0.5, 0.6) is 0 Å². The van der Waals surface area contributed by atoms with Crippen molar-refractivity contribution in [3.63, 3.8) is 0 Å². The number of sulfonamides is 1. The molecule has 0 unspecified atom stereocenters. The molecule has 0 aromatic heterocycles. The average molecular weight is 323 g/mol. The Labute approximate surface area is 131 Å². The number of aliphatic hydroxyl groups is 1. The number of aliphatic hydroxyl groups excluding tert-OH is 1. The minimum Gasteiger partial charge on any atom is -0.472 e. The van der Waals surface area contributed by atoms with Crippen molar-refractivity contribution in [1.82, 2.24) is 0 Å². The molecule has 0 saturated heterocycles. The van der Waals surface area contributed by atoms with Crippen LogP contribution in [0.15, 0.2) is 34.7 Å². The van der Waals surface area contributed by atoms with E-state index in [1.165, 1.54) is 0 Å². The van der Waals surface area contributed by atoms with Crippen molar-refractivity contribution in [2.45, 2.75) is 43.6 Å². The molecule has 3 rings (SSSR count). The highest BCUT2D eigenvalue weighted by molar-refractivity contribution is 7.90. The van der Waals surface area contributed by atoms with Gasteiger partial charge in [-0.3, -0.25) is 0 Å². The standard InChI is InChI=1S/C16H21NO4S/c18-10-7-14(13-5-2-1-3-6-13)11-15-17-22(19,20)12-16(21-15)8-4-9-16/h1-3,5-6,14,18H,4,7-12H2/t14-/m1/s1. The van der Waals surface area contributed by atoms with E-state index in [1.54, 1.807) is 0 Å². The number of ether oxygens (including phenoxy) is 1. The van der Waals surface area contributed by atoms with E-state index in [4.69, 9.17) is 4.74 Å². The van der Waals surface area contributed by atoms with E-state index in [-0.39, 0.29) is 18.3 Å². The lowest BCUT2D eigenvalue weighted by Gasteiger charge is -2.43. The topological polar surface area (TPSA) is 76.0 Å². The van der Waals surface area contributed by atoms with E-state index in [9.17, 15) is 13.5 Å². The largest absolute Gasteiger partial charge is 0.472 e. The van der Waals surface area contributed by atoms with E-state index in [2.05, 4.69) is 4.40 Å². The summed E-state index contributed by atoms with van der Waals surface area (Å²) < 4.78 is 33.8.